The molecule has 0 aliphatic heterocycles. The van der Waals surface area contributed by atoms with Crippen LogP contribution in [0.5, 0.6) is 0 Å². The molecule has 0 bridgehead atoms. The quantitative estimate of drug-likeness (QED) is 0.619. The van der Waals surface area contributed by atoms with E-state index in [1.165, 1.54) is 16.7 Å². The number of amides is 1. The average Bonchev–Trinajstić information content (AvgIpc) is 3.04. The maximum Gasteiger partial charge on any atom is 0.315 e. The number of carbonyl (C=O) groups excluding carboxylic acids is 1. The molecular weight excluding hydrogens is 390 g/mol. The predicted molar refractivity (Wildman–Crippen MR) is 84.9 cm³/mol. The first-order valence-electron chi connectivity index (χ1n) is 6.26. The molecule has 0 N–H and O–H groups in total. The van der Waals surface area contributed by atoms with Gasteiger partial charge in [0.05, 0.1) is 16.8 Å². The highest BCUT2D eigenvalue weighted by Gasteiger charge is 2.15. The number of fused-ring (bicyclic) bond motifs is 1. The van der Waals surface area contributed by atoms with Gasteiger partial charge < -0.3 is 8.98 Å². The van der Waals surface area contributed by atoms with E-state index in [2.05, 4.69) is 26.8 Å². The SMILES string of the molecule is C#CCn1c(=NC(=O)c2ccc(Br)o2)sc2cc(F)cc(F)c21. The van der Waals surface area contributed by atoms with E-state index in [0.717, 1.165) is 17.4 Å². The number of thiazole rings is 1. The van der Waals surface area contributed by atoms with Crippen LogP contribution >= 0.6 is 27.3 Å². The highest BCUT2D eigenvalue weighted by Crippen LogP contribution is 2.22. The molecule has 0 spiro atoms. The zero-order chi connectivity index (χ0) is 16.6. The van der Waals surface area contributed by atoms with Crippen LogP contribution in [0.25, 0.3) is 10.2 Å². The Morgan fingerprint density at radius 2 is 2.22 bits per heavy atom. The largest absolute Gasteiger partial charge is 0.444 e. The molecule has 2 heterocycles. The summed E-state index contributed by atoms with van der Waals surface area (Å²) in [6.45, 7) is -0.00346. The van der Waals surface area contributed by atoms with Crippen LogP contribution in [0.3, 0.4) is 0 Å². The molecule has 0 aliphatic rings. The fraction of sp³-hybridized carbons (Fsp3) is 0.0667. The van der Waals surface area contributed by atoms with Crippen LogP contribution in [0.1, 0.15) is 10.6 Å². The second kappa shape index (κ2) is 6.10. The molecule has 0 fully saturated rings. The van der Waals surface area contributed by atoms with E-state index in [-0.39, 0.29) is 22.6 Å². The number of carbonyl (C=O) groups is 1. The summed E-state index contributed by atoms with van der Waals surface area (Å²) in [6, 6.07) is 4.94. The molecule has 1 amide bonds. The lowest BCUT2D eigenvalue weighted by molar-refractivity contribution is 0.0970. The number of halogens is 3. The molecule has 0 atom stereocenters. The van der Waals surface area contributed by atoms with Gasteiger partial charge in [-0.25, -0.2) is 8.78 Å². The number of nitrogens with zero attached hydrogens (tertiary/aromatic N) is 2. The van der Waals surface area contributed by atoms with Crippen molar-refractivity contribution in [1.82, 2.24) is 4.57 Å². The Bertz CT molecular complexity index is 1030. The monoisotopic (exact) mass is 396 g/mol. The first-order valence-corrected chi connectivity index (χ1v) is 7.87. The summed E-state index contributed by atoms with van der Waals surface area (Å²) in [7, 11) is 0. The molecule has 116 valence electrons. The number of terminal acetylenes is 1. The molecule has 0 saturated carbocycles. The summed E-state index contributed by atoms with van der Waals surface area (Å²) in [5.74, 6) is 0.272. The van der Waals surface area contributed by atoms with E-state index in [9.17, 15) is 13.6 Å². The van der Waals surface area contributed by atoms with Crippen molar-refractivity contribution >= 4 is 43.4 Å². The highest BCUT2D eigenvalue weighted by atomic mass is 79.9. The van der Waals surface area contributed by atoms with Gasteiger partial charge in [-0.05, 0) is 34.1 Å². The zero-order valence-corrected chi connectivity index (χ0v) is 13.7. The summed E-state index contributed by atoms with van der Waals surface area (Å²) in [4.78, 5) is 16.2. The second-order valence-corrected chi connectivity index (χ2v) is 6.22. The van der Waals surface area contributed by atoms with Crippen molar-refractivity contribution in [2.45, 2.75) is 6.54 Å². The summed E-state index contributed by atoms with van der Waals surface area (Å²) >= 11 is 4.06. The van der Waals surface area contributed by atoms with Crippen LogP contribution in [0.15, 0.2) is 38.3 Å². The molecule has 8 heteroatoms. The van der Waals surface area contributed by atoms with Crippen molar-refractivity contribution in [1.29, 1.82) is 0 Å². The summed E-state index contributed by atoms with van der Waals surface area (Å²) in [6.07, 6.45) is 5.29. The Balaban J connectivity index is 2.22. The number of furan rings is 1. The van der Waals surface area contributed by atoms with Gasteiger partial charge in [0.2, 0.25) is 0 Å². The maximum absolute atomic E-state index is 14.0. The smallest absolute Gasteiger partial charge is 0.315 e. The Morgan fingerprint density at radius 3 is 2.87 bits per heavy atom. The van der Waals surface area contributed by atoms with Crippen LogP contribution in [-0.2, 0) is 6.54 Å². The minimum absolute atomic E-state index is 0.00346. The summed E-state index contributed by atoms with van der Waals surface area (Å²) in [5, 5.41) is 0. The van der Waals surface area contributed by atoms with Crippen LogP contribution < -0.4 is 4.80 Å². The molecule has 0 aliphatic carbocycles. The van der Waals surface area contributed by atoms with Gasteiger partial charge in [-0.2, -0.15) is 4.99 Å². The Hall–Kier alpha value is -2.24. The van der Waals surface area contributed by atoms with E-state index in [0.29, 0.717) is 9.37 Å². The van der Waals surface area contributed by atoms with E-state index in [4.69, 9.17) is 10.8 Å². The van der Waals surface area contributed by atoms with Gasteiger partial charge in [-0.1, -0.05) is 17.3 Å². The molecule has 23 heavy (non-hydrogen) atoms. The lowest BCUT2D eigenvalue weighted by Gasteiger charge is -2.00. The molecule has 3 rings (SSSR count). The predicted octanol–water partition coefficient (Wildman–Crippen LogP) is 3.71. The topological polar surface area (TPSA) is 47.5 Å². The number of hydrogen-bond donors (Lipinski definition) is 0. The minimum Gasteiger partial charge on any atom is -0.444 e. The first-order chi connectivity index (χ1) is 11.0. The minimum atomic E-state index is -0.763. The van der Waals surface area contributed by atoms with Crippen LogP contribution in [0.4, 0.5) is 8.78 Å². The zero-order valence-electron chi connectivity index (χ0n) is 11.3. The van der Waals surface area contributed by atoms with Crippen molar-refractivity contribution < 1.29 is 18.0 Å². The normalized spacial score (nSPS) is 11.8. The Kier molecular flexibility index (Phi) is 4.15. The number of benzene rings is 1. The third-order valence-corrected chi connectivity index (χ3v) is 4.38. The Morgan fingerprint density at radius 1 is 1.43 bits per heavy atom. The van der Waals surface area contributed by atoms with Gasteiger partial charge in [0.1, 0.15) is 5.82 Å². The van der Waals surface area contributed by atoms with Crippen LogP contribution in [0.2, 0.25) is 0 Å². The molecule has 1 aromatic carbocycles. The van der Waals surface area contributed by atoms with E-state index < -0.39 is 17.5 Å². The molecule has 3 aromatic rings. The Labute approximate surface area is 141 Å². The van der Waals surface area contributed by atoms with E-state index in [1.54, 1.807) is 6.07 Å². The summed E-state index contributed by atoms with van der Waals surface area (Å²) < 4.78 is 34.6. The van der Waals surface area contributed by atoms with Gasteiger partial charge in [-0.3, -0.25) is 4.79 Å². The number of rotatable bonds is 2. The van der Waals surface area contributed by atoms with Gasteiger partial charge in [0.15, 0.2) is 21.0 Å². The third-order valence-electron chi connectivity index (χ3n) is 2.93. The first kappa shape index (κ1) is 15.6. The van der Waals surface area contributed by atoms with Gasteiger partial charge in [0.25, 0.3) is 0 Å². The molecular formula is C15H7BrF2N2O2S. The van der Waals surface area contributed by atoms with Crippen molar-refractivity contribution in [2.75, 3.05) is 0 Å². The molecule has 0 radical (unpaired) electrons. The number of aromatic nitrogens is 1. The average molecular weight is 397 g/mol. The van der Waals surface area contributed by atoms with Gasteiger partial charge in [-0.15, -0.1) is 6.42 Å². The van der Waals surface area contributed by atoms with Gasteiger partial charge in [0, 0.05) is 6.07 Å². The molecule has 2 aromatic heterocycles. The fourth-order valence-electron chi connectivity index (χ4n) is 2.02. The second-order valence-electron chi connectivity index (χ2n) is 4.43. The fourth-order valence-corrected chi connectivity index (χ4v) is 3.40. The van der Waals surface area contributed by atoms with Crippen LogP contribution in [-0.4, -0.2) is 10.5 Å². The molecule has 0 unspecified atom stereocenters. The molecule has 4 nitrogen and oxygen atoms in total. The number of hydrogen-bond acceptors (Lipinski definition) is 3. The maximum atomic E-state index is 14.0. The standard InChI is InChI=1S/C15H7BrF2N2O2S/c1-2-5-20-13-9(18)6-8(17)7-11(13)23-15(20)19-14(21)10-3-4-12(16)22-10/h1,3-4,6-7H,5H2. The van der Waals surface area contributed by atoms with E-state index in [1.807, 2.05) is 0 Å². The highest BCUT2D eigenvalue weighted by molar-refractivity contribution is 9.10. The lowest BCUT2D eigenvalue weighted by atomic mass is 10.3. The third kappa shape index (κ3) is 2.98. The van der Waals surface area contributed by atoms with Crippen molar-refractivity contribution in [2.24, 2.45) is 4.99 Å². The summed E-state index contributed by atoms with van der Waals surface area (Å²) in [5.41, 5.74) is 0.113. The van der Waals surface area contributed by atoms with Crippen molar-refractivity contribution in [3.63, 3.8) is 0 Å². The van der Waals surface area contributed by atoms with Crippen LogP contribution in [0, 0.1) is 24.0 Å². The molecule has 0 saturated heterocycles. The lowest BCUT2D eigenvalue weighted by Crippen LogP contribution is -2.16. The van der Waals surface area contributed by atoms with Crippen molar-refractivity contribution in [3.05, 3.63) is 51.1 Å². The van der Waals surface area contributed by atoms with Crippen molar-refractivity contribution in [3.8, 4) is 12.3 Å². The van der Waals surface area contributed by atoms with Gasteiger partial charge >= 0.3 is 5.91 Å². The van der Waals surface area contributed by atoms with E-state index >= 15 is 0 Å².